The van der Waals surface area contributed by atoms with E-state index in [0.717, 1.165) is 29.2 Å². The van der Waals surface area contributed by atoms with Crippen LogP contribution in [-0.2, 0) is 6.42 Å². The van der Waals surface area contributed by atoms with Gasteiger partial charge in [-0.2, -0.15) is 0 Å². The van der Waals surface area contributed by atoms with Gasteiger partial charge in [0.05, 0.1) is 7.11 Å². The van der Waals surface area contributed by atoms with E-state index in [2.05, 4.69) is 24.5 Å². The van der Waals surface area contributed by atoms with Gasteiger partial charge in [0.25, 0.3) is 0 Å². The van der Waals surface area contributed by atoms with Crippen molar-refractivity contribution in [2.75, 3.05) is 7.11 Å². The molecule has 3 N–H and O–H groups in total. The highest BCUT2D eigenvalue weighted by atomic mass is 35.5. The molecule has 0 aliphatic heterocycles. The van der Waals surface area contributed by atoms with Gasteiger partial charge in [-0.15, -0.1) is 0 Å². The first-order valence-electron chi connectivity index (χ1n) is 6.99. The minimum Gasteiger partial charge on any atom is -0.497 e. The zero-order valence-electron chi connectivity index (χ0n) is 12.4. The quantitative estimate of drug-likeness (QED) is 0.630. The van der Waals surface area contributed by atoms with E-state index in [1.165, 1.54) is 11.1 Å². The summed E-state index contributed by atoms with van der Waals surface area (Å²) >= 11 is 6.09. The average molecular weight is 305 g/mol. The summed E-state index contributed by atoms with van der Waals surface area (Å²) in [5.74, 6) is 6.59. The molecule has 0 bridgehead atoms. The second-order valence-corrected chi connectivity index (χ2v) is 5.54. The summed E-state index contributed by atoms with van der Waals surface area (Å²) in [7, 11) is 1.67. The van der Waals surface area contributed by atoms with Crippen LogP contribution >= 0.6 is 11.6 Å². The molecule has 4 heteroatoms. The van der Waals surface area contributed by atoms with Crippen molar-refractivity contribution >= 4 is 11.6 Å². The zero-order chi connectivity index (χ0) is 15.2. The number of aryl methyl sites for hydroxylation is 2. The molecule has 0 saturated carbocycles. The van der Waals surface area contributed by atoms with Crippen LogP contribution in [0.5, 0.6) is 5.75 Å². The van der Waals surface area contributed by atoms with Crippen LogP contribution in [0.25, 0.3) is 0 Å². The van der Waals surface area contributed by atoms with Crippen LogP contribution in [0.2, 0.25) is 5.02 Å². The smallest absolute Gasteiger partial charge is 0.118 e. The molecule has 0 amide bonds. The molecule has 0 radical (unpaired) electrons. The SMILES string of the molecule is COc1ccc(CCC(NN)c2cc(Cl)ccc2C)cc1. The molecule has 112 valence electrons. The maximum absolute atomic E-state index is 6.09. The number of hydrogen-bond donors (Lipinski definition) is 2. The monoisotopic (exact) mass is 304 g/mol. The summed E-state index contributed by atoms with van der Waals surface area (Å²) in [6.45, 7) is 2.07. The Labute approximate surface area is 131 Å². The van der Waals surface area contributed by atoms with Crippen molar-refractivity contribution < 1.29 is 4.74 Å². The number of rotatable bonds is 6. The highest BCUT2D eigenvalue weighted by Gasteiger charge is 2.13. The summed E-state index contributed by atoms with van der Waals surface area (Å²) in [6, 6.07) is 14.1. The van der Waals surface area contributed by atoms with Crippen LogP contribution in [0.3, 0.4) is 0 Å². The molecular formula is C17H21ClN2O. The number of hydrogen-bond acceptors (Lipinski definition) is 3. The molecule has 0 aliphatic carbocycles. The van der Waals surface area contributed by atoms with Gasteiger partial charge in [0.2, 0.25) is 0 Å². The number of hydrazine groups is 1. The Morgan fingerprint density at radius 3 is 2.52 bits per heavy atom. The van der Waals surface area contributed by atoms with Crippen molar-refractivity contribution in [3.63, 3.8) is 0 Å². The predicted molar refractivity (Wildman–Crippen MR) is 87.6 cm³/mol. The maximum atomic E-state index is 6.09. The van der Waals surface area contributed by atoms with E-state index >= 15 is 0 Å². The Balaban J connectivity index is 2.06. The minimum absolute atomic E-state index is 0.0887. The van der Waals surface area contributed by atoms with E-state index in [0.29, 0.717) is 0 Å². The molecule has 2 aromatic carbocycles. The van der Waals surface area contributed by atoms with E-state index in [1.807, 2.05) is 30.3 Å². The van der Waals surface area contributed by atoms with Crippen LogP contribution in [0.1, 0.15) is 29.2 Å². The third-order valence-electron chi connectivity index (χ3n) is 3.70. The predicted octanol–water partition coefficient (Wildman–Crippen LogP) is 3.79. The Morgan fingerprint density at radius 1 is 1.19 bits per heavy atom. The van der Waals surface area contributed by atoms with Crippen molar-refractivity contribution in [3.8, 4) is 5.75 Å². The molecule has 0 spiro atoms. The van der Waals surface area contributed by atoms with Crippen LogP contribution in [0, 0.1) is 6.92 Å². The van der Waals surface area contributed by atoms with Crippen LogP contribution in [-0.4, -0.2) is 7.11 Å². The van der Waals surface area contributed by atoms with Gasteiger partial charge < -0.3 is 4.74 Å². The molecule has 0 fully saturated rings. The first-order valence-corrected chi connectivity index (χ1v) is 7.37. The fraction of sp³-hybridized carbons (Fsp3) is 0.294. The van der Waals surface area contributed by atoms with Crippen molar-refractivity contribution in [3.05, 3.63) is 64.2 Å². The van der Waals surface area contributed by atoms with Gasteiger partial charge in [-0.1, -0.05) is 29.8 Å². The molecule has 21 heavy (non-hydrogen) atoms. The summed E-state index contributed by atoms with van der Waals surface area (Å²) < 4.78 is 5.17. The first kappa shape index (κ1) is 15.8. The summed E-state index contributed by atoms with van der Waals surface area (Å²) in [5, 5.41) is 0.736. The van der Waals surface area contributed by atoms with E-state index in [9.17, 15) is 0 Å². The third-order valence-corrected chi connectivity index (χ3v) is 3.93. The highest BCUT2D eigenvalue weighted by molar-refractivity contribution is 6.30. The fourth-order valence-electron chi connectivity index (χ4n) is 2.42. The van der Waals surface area contributed by atoms with E-state index in [1.54, 1.807) is 7.11 Å². The summed E-state index contributed by atoms with van der Waals surface area (Å²) in [6.07, 6.45) is 1.84. The Kier molecular flexibility index (Phi) is 5.62. The van der Waals surface area contributed by atoms with Gasteiger partial charge >= 0.3 is 0 Å². The largest absolute Gasteiger partial charge is 0.497 e. The highest BCUT2D eigenvalue weighted by Crippen LogP contribution is 2.25. The molecule has 1 atom stereocenters. The third kappa shape index (κ3) is 4.21. The van der Waals surface area contributed by atoms with Crippen LogP contribution in [0.15, 0.2) is 42.5 Å². The van der Waals surface area contributed by atoms with Crippen molar-refractivity contribution in [2.24, 2.45) is 5.84 Å². The standard InChI is InChI=1S/C17H21ClN2O/c1-12-3-7-14(18)11-16(12)17(20-19)10-6-13-4-8-15(21-2)9-5-13/h3-5,7-9,11,17,20H,6,10,19H2,1-2H3. The molecule has 3 nitrogen and oxygen atoms in total. The molecule has 1 unspecified atom stereocenters. The first-order chi connectivity index (χ1) is 10.1. The summed E-state index contributed by atoms with van der Waals surface area (Å²) in [5.41, 5.74) is 6.50. The lowest BCUT2D eigenvalue weighted by Gasteiger charge is -2.19. The molecule has 0 saturated heterocycles. The Bertz CT molecular complexity index is 584. The van der Waals surface area contributed by atoms with Gasteiger partial charge in [-0.25, -0.2) is 0 Å². The fourth-order valence-corrected chi connectivity index (χ4v) is 2.60. The molecule has 0 heterocycles. The normalized spacial score (nSPS) is 12.2. The van der Waals surface area contributed by atoms with Gasteiger partial charge in [0.1, 0.15) is 5.75 Å². The number of methoxy groups -OCH3 is 1. The minimum atomic E-state index is 0.0887. The zero-order valence-corrected chi connectivity index (χ0v) is 13.2. The number of halogens is 1. The molecule has 0 aromatic heterocycles. The average Bonchev–Trinajstić information content (AvgIpc) is 2.51. The second-order valence-electron chi connectivity index (χ2n) is 5.11. The van der Waals surface area contributed by atoms with Crippen LogP contribution in [0.4, 0.5) is 0 Å². The van der Waals surface area contributed by atoms with Gasteiger partial charge in [-0.3, -0.25) is 11.3 Å². The number of ether oxygens (including phenoxy) is 1. The van der Waals surface area contributed by atoms with Crippen LogP contribution < -0.4 is 16.0 Å². The van der Waals surface area contributed by atoms with Gasteiger partial charge in [0.15, 0.2) is 0 Å². The lowest BCUT2D eigenvalue weighted by atomic mass is 9.96. The lowest BCUT2D eigenvalue weighted by molar-refractivity contribution is 0.414. The Morgan fingerprint density at radius 2 is 1.90 bits per heavy atom. The topological polar surface area (TPSA) is 47.3 Å². The molecule has 2 rings (SSSR count). The van der Waals surface area contributed by atoms with E-state index in [4.69, 9.17) is 22.2 Å². The number of benzene rings is 2. The van der Waals surface area contributed by atoms with Gasteiger partial charge in [0, 0.05) is 11.1 Å². The Hall–Kier alpha value is -1.55. The lowest BCUT2D eigenvalue weighted by Crippen LogP contribution is -2.29. The molecule has 2 aromatic rings. The summed E-state index contributed by atoms with van der Waals surface area (Å²) in [4.78, 5) is 0. The molecular weight excluding hydrogens is 284 g/mol. The van der Waals surface area contributed by atoms with E-state index < -0.39 is 0 Å². The molecule has 0 aliphatic rings. The van der Waals surface area contributed by atoms with Crippen molar-refractivity contribution in [2.45, 2.75) is 25.8 Å². The number of nitrogens with one attached hydrogen (secondary N) is 1. The second kappa shape index (κ2) is 7.46. The van der Waals surface area contributed by atoms with E-state index in [-0.39, 0.29) is 6.04 Å². The number of nitrogens with two attached hydrogens (primary N) is 1. The van der Waals surface area contributed by atoms with Gasteiger partial charge in [-0.05, 0) is 60.7 Å². The van der Waals surface area contributed by atoms with Crippen molar-refractivity contribution in [1.82, 2.24) is 5.43 Å². The maximum Gasteiger partial charge on any atom is 0.118 e. The van der Waals surface area contributed by atoms with Crippen molar-refractivity contribution in [1.29, 1.82) is 0 Å².